The number of nitrogens with one attached hydrogen (secondary N) is 3. The molecule has 0 aliphatic heterocycles. The van der Waals surface area contributed by atoms with E-state index in [9.17, 15) is 4.79 Å². The molecule has 7 heteroatoms. The van der Waals surface area contributed by atoms with Crippen LogP contribution in [0.3, 0.4) is 0 Å². The van der Waals surface area contributed by atoms with Gasteiger partial charge in [-0.15, -0.1) is 24.0 Å². The highest BCUT2D eigenvalue weighted by Gasteiger charge is 2.12. The van der Waals surface area contributed by atoms with Gasteiger partial charge in [-0.3, -0.25) is 14.7 Å². The first-order valence-electron chi connectivity index (χ1n) is 7.89. The summed E-state index contributed by atoms with van der Waals surface area (Å²) >= 11 is 0. The summed E-state index contributed by atoms with van der Waals surface area (Å²) in [4.78, 5) is 18.1. The lowest BCUT2D eigenvalue weighted by Gasteiger charge is -2.30. The lowest BCUT2D eigenvalue weighted by molar-refractivity contribution is -0.120. The van der Waals surface area contributed by atoms with E-state index in [1.807, 2.05) is 6.92 Å². The Morgan fingerprint density at radius 3 is 2.09 bits per heavy atom. The lowest BCUT2D eigenvalue weighted by Crippen LogP contribution is -2.47. The second kappa shape index (κ2) is 14.0. The Hall–Kier alpha value is -0.570. The lowest BCUT2D eigenvalue weighted by atomic mass is 10.2. The molecule has 0 aromatic rings. The molecule has 3 N–H and O–H groups in total. The highest BCUT2D eigenvalue weighted by Crippen LogP contribution is 2.03. The summed E-state index contributed by atoms with van der Waals surface area (Å²) < 4.78 is 0. The molecule has 0 heterocycles. The van der Waals surface area contributed by atoms with Crippen LogP contribution in [0.25, 0.3) is 0 Å². The van der Waals surface area contributed by atoms with Crippen molar-refractivity contribution in [2.75, 3.05) is 33.2 Å². The van der Waals surface area contributed by atoms with E-state index in [0.29, 0.717) is 24.6 Å². The molecule has 0 spiro atoms. The summed E-state index contributed by atoms with van der Waals surface area (Å²) in [5.74, 6) is 0.653. The van der Waals surface area contributed by atoms with E-state index in [1.54, 1.807) is 7.05 Å². The Balaban J connectivity index is 0. The van der Waals surface area contributed by atoms with Crippen molar-refractivity contribution in [3.05, 3.63) is 0 Å². The van der Waals surface area contributed by atoms with Gasteiger partial charge in [-0.05, 0) is 34.1 Å². The van der Waals surface area contributed by atoms with Crippen LogP contribution in [0.2, 0.25) is 0 Å². The minimum atomic E-state index is -0.00853. The summed E-state index contributed by atoms with van der Waals surface area (Å²) in [6.45, 7) is 13.5. The number of nitrogens with zero attached hydrogens (tertiary/aromatic N) is 2. The molecule has 22 heavy (non-hydrogen) atoms. The van der Waals surface area contributed by atoms with Gasteiger partial charge in [0.15, 0.2) is 5.96 Å². The van der Waals surface area contributed by atoms with Gasteiger partial charge in [0.05, 0.1) is 6.54 Å². The molecule has 0 unspecified atom stereocenters. The van der Waals surface area contributed by atoms with Crippen LogP contribution in [0.5, 0.6) is 0 Å². The summed E-state index contributed by atoms with van der Waals surface area (Å²) in [7, 11) is 1.71. The number of halogens is 1. The standard InChI is InChI=1S/C15H33N5O.HI/c1-7-8-17-14(21)11-19-15(16-6)18-9-10-20(12(2)3)13(4)5;/h12-13H,7-11H2,1-6H3,(H,17,21)(H2,16,18,19);1H. The maximum Gasteiger partial charge on any atom is 0.239 e. The average Bonchev–Trinajstić information content (AvgIpc) is 2.43. The van der Waals surface area contributed by atoms with Crippen molar-refractivity contribution >= 4 is 35.8 Å². The molecule has 0 saturated heterocycles. The van der Waals surface area contributed by atoms with Gasteiger partial charge < -0.3 is 16.0 Å². The molecule has 0 fully saturated rings. The smallest absolute Gasteiger partial charge is 0.239 e. The molecular formula is C15H34IN5O. The van der Waals surface area contributed by atoms with Crippen molar-refractivity contribution in [3.8, 4) is 0 Å². The molecule has 0 atom stereocenters. The summed E-state index contributed by atoms with van der Waals surface area (Å²) in [6.07, 6.45) is 0.943. The summed E-state index contributed by atoms with van der Waals surface area (Å²) in [5.41, 5.74) is 0. The van der Waals surface area contributed by atoms with Gasteiger partial charge in [-0.2, -0.15) is 0 Å². The van der Waals surface area contributed by atoms with Crippen LogP contribution in [0.4, 0.5) is 0 Å². The van der Waals surface area contributed by atoms with Crippen molar-refractivity contribution in [1.29, 1.82) is 0 Å². The Kier molecular flexibility index (Phi) is 15.1. The normalized spacial score (nSPS) is 11.6. The number of amides is 1. The number of rotatable bonds is 9. The van der Waals surface area contributed by atoms with Crippen LogP contribution >= 0.6 is 24.0 Å². The van der Waals surface area contributed by atoms with Crippen LogP contribution in [-0.4, -0.2) is 62.1 Å². The summed E-state index contributed by atoms with van der Waals surface area (Å²) in [5, 5.41) is 9.08. The molecule has 0 rings (SSSR count). The zero-order valence-corrected chi connectivity index (χ0v) is 17.2. The van der Waals surface area contributed by atoms with Crippen LogP contribution < -0.4 is 16.0 Å². The van der Waals surface area contributed by atoms with Gasteiger partial charge in [0, 0.05) is 38.8 Å². The first-order chi connectivity index (χ1) is 9.92. The van der Waals surface area contributed by atoms with E-state index in [0.717, 1.165) is 19.5 Å². The summed E-state index contributed by atoms with van der Waals surface area (Å²) in [6, 6.07) is 1.03. The van der Waals surface area contributed by atoms with Gasteiger partial charge in [0.25, 0.3) is 0 Å². The molecule has 0 aliphatic carbocycles. The maximum absolute atomic E-state index is 11.5. The first-order valence-corrected chi connectivity index (χ1v) is 7.89. The van der Waals surface area contributed by atoms with Crippen LogP contribution in [0, 0.1) is 0 Å². The zero-order valence-electron chi connectivity index (χ0n) is 14.9. The van der Waals surface area contributed by atoms with Gasteiger partial charge in [-0.1, -0.05) is 6.92 Å². The SMILES string of the molecule is CCCNC(=O)CNC(=NC)NCCN(C(C)C)C(C)C.I. The van der Waals surface area contributed by atoms with E-state index < -0.39 is 0 Å². The van der Waals surface area contributed by atoms with E-state index in [4.69, 9.17) is 0 Å². The minimum Gasteiger partial charge on any atom is -0.355 e. The fraction of sp³-hybridized carbons (Fsp3) is 0.867. The molecule has 6 nitrogen and oxygen atoms in total. The topological polar surface area (TPSA) is 68.8 Å². The second-order valence-corrected chi connectivity index (χ2v) is 5.63. The molecule has 132 valence electrons. The Bertz CT molecular complexity index is 313. The molecule has 0 aliphatic rings. The van der Waals surface area contributed by atoms with Gasteiger partial charge >= 0.3 is 0 Å². The van der Waals surface area contributed by atoms with E-state index in [-0.39, 0.29) is 36.4 Å². The molecule has 1 amide bonds. The predicted molar refractivity (Wildman–Crippen MR) is 105 cm³/mol. The van der Waals surface area contributed by atoms with Crippen LogP contribution in [-0.2, 0) is 4.79 Å². The molecule has 0 bridgehead atoms. The molecule has 0 aromatic carbocycles. The number of carbonyl (C=O) groups is 1. The van der Waals surface area contributed by atoms with Crippen molar-refractivity contribution in [3.63, 3.8) is 0 Å². The fourth-order valence-electron chi connectivity index (χ4n) is 2.13. The van der Waals surface area contributed by atoms with Crippen LogP contribution in [0.15, 0.2) is 4.99 Å². The minimum absolute atomic E-state index is 0. The molecule has 0 aromatic heterocycles. The monoisotopic (exact) mass is 427 g/mol. The highest BCUT2D eigenvalue weighted by molar-refractivity contribution is 14.0. The van der Waals surface area contributed by atoms with E-state index in [1.165, 1.54) is 0 Å². The average molecular weight is 427 g/mol. The van der Waals surface area contributed by atoms with E-state index in [2.05, 4.69) is 53.5 Å². The zero-order chi connectivity index (χ0) is 16.3. The highest BCUT2D eigenvalue weighted by atomic mass is 127. The quantitative estimate of drug-likeness (QED) is 0.296. The van der Waals surface area contributed by atoms with Crippen LogP contribution in [0.1, 0.15) is 41.0 Å². The van der Waals surface area contributed by atoms with Gasteiger partial charge in [-0.25, -0.2) is 0 Å². The Morgan fingerprint density at radius 1 is 1.05 bits per heavy atom. The largest absolute Gasteiger partial charge is 0.355 e. The van der Waals surface area contributed by atoms with Gasteiger partial charge in [0.1, 0.15) is 0 Å². The molecular weight excluding hydrogens is 393 g/mol. The Morgan fingerprint density at radius 2 is 1.64 bits per heavy atom. The maximum atomic E-state index is 11.5. The Labute approximate surface area is 152 Å². The number of hydrogen-bond acceptors (Lipinski definition) is 3. The van der Waals surface area contributed by atoms with Crippen molar-refractivity contribution < 1.29 is 4.79 Å². The van der Waals surface area contributed by atoms with Gasteiger partial charge in [0.2, 0.25) is 5.91 Å². The van der Waals surface area contributed by atoms with Crippen molar-refractivity contribution in [2.45, 2.75) is 53.1 Å². The third-order valence-electron chi connectivity index (χ3n) is 3.20. The predicted octanol–water partition coefficient (Wildman–Crippen LogP) is 1.41. The first kappa shape index (κ1) is 23.7. The number of guanidine groups is 1. The number of aliphatic imine (C=N–C) groups is 1. The molecule has 0 radical (unpaired) electrons. The van der Waals surface area contributed by atoms with Crippen molar-refractivity contribution in [2.24, 2.45) is 4.99 Å². The number of carbonyl (C=O) groups excluding carboxylic acids is 1. The number of hydrogen-bond donors (Lipinski definition) is 3. The third kappa shape index (κ3) is 11.1. The third-order valence-corrected chi connectivity index (χ3v) is 3.20. The second-order valence-electron chi connectivity index (χ2n) is 5.63. The fourth-order valence-corrected chi connectivity index (χ4v) is 2.13. The molecule has 0 saturated carbocycles. The van der Waals surface area contributed by atoms with Crippen molar-refractivity contribution in [1.82, 2.24) is 20.9 Å². The van der Waals surface area contributed by atoms with E-state index >= 15 is 0 Å².